The fourth-order valence-corrected chi connectivity index (χ4v) is 3.75. The number of piperidine rings is 1. The molecule has 150 valence electrons. The van der Waals surface area contributed by atoms with Crippen LogP contribution >= 0.6 is 0 Å². The van der Waals surface area contributed by atoms with Gasteiger partial charge in [-0.25, -0.2) is 0 Å². The third kappa shape index (κ3) is 4.98. The Hall–Kier alpha value is -2.67. The molecule has 7 heteroatoms. The zero-order valence-electron chi connectivity index (χ0n) is 16.5. The van der Waals surface area contributed by atoms with E-state index in [1.165, 1.54) is 5.56 Å². The van der Waals surface area contributed by atoms with Crippen LogP contribution in [0.15, 0.2) is 30.3 Å². The van der Waals surface area contributed by atoms with Gasteiger partial charge in [0.15, 0.2) is 0 Å². The number of benzene rings is 1. The molecule has 3 rings (SSSR count). The third-order valence-electron chi connectivity index (χ3n) is 5.39. The molecule has 0 aliphatic carbocycles. The lowest BCUT2D eigenvalue weighted by Gasteiger charge is -2.29. The van der Waals surface area contributed by atoms with Crippen molar-refractivity contribution in [2.75, 3.05) is 19.6 Å². The molecule has 2 heterocycles. The van der Waals surface area contributed by atoms with Crippen LogP contribution in [0.5, 0.6) is 0 Å². The first-order valence-electron chi connectivity index (χ1n) is 9.72. The van der Waals surface area contributed by atoms with E-state index in [0.29, 0.717) is 26.1 Å². The van der Waals surface area contributed by atoms with E-state index in [0.717, 1.165) is 29.9 Å². The van der Waals surface area contributed by atoms with Gasteiger partial charge < -0.3 is 10.4 Å². The van der Waals surface area contributed by atoms with Gasteiger partial charge in [0.25, 0.3) is 0 Å². The molecule has 1 aliphatic rings. The monoisotopic (exact) mass is 384 g/mol. The summed E-state index contributed by atoms with van der Waals surface area (Å²) in [6.45, 7) is 6.55. The Labute approximate surface area is 165 Å². The number of aromatic nitrogens is 2. The lowest BCUT2D eigenvalue weighted by atomic mass is 9.98. The third-order valence-corrected chi connectivity index (χ3v) is 5.39. The van der Waals surface area contributed by atoms with Crippen LogP contribution in [-0.4, -0.2) is 51.3 Å². The first-order chi connectivity index (χ1) is 13.4. The van der Waals surface area contributed by atoms with Crippen molar-refractivity contribution >= 4 is 11.9 Å². The number of carboxylic acids is 1. The zero-order chi connectivity index (χ0) is 20.1. The normalized spacial score (nSPS) is 17.4. The highest BCUT2D eigenvalue weighted by Crippen LogP contribution is 2.17. The number of carboxylic acid groups (broad SMARTS) is 1. The Balaban J connectivity index is 1.55. The molecule has 2 aromatic rings. The zero-order valence-corrected chi connectivity index (χ0v) is 16.5. The summed E-state index contributed by atoms with van der Waals surface area (Å²) in [4.78, 5) is 25.4. The van der Waals surface area contributed by atoms with Gasteiger partial charge in [-0.2, -0.15) is 5.10 Å². The van der Waals surface area contributed by atoms with Crippen LogP contribution in [0.2, 0.25) is 0 Å². The highest BCUT2D eigenvalue weighted by Gasteiger charge is 2.26. The SMILES string of the molecule is Cc1nn(Cc2ccccc2)c(C)c1CNC(=O)CN1CCCC(C(=O)O)C1. The van der Waals surface area contributed by atoms with Crippen LogP contribution in [0.1, 0.15) is 35.4 Å². The van der Waals surface area contributed by atoms with E-state index in [4.69, 9.17) is 0 Å². The molecule has 1 saturated heterocycles. The minimum absolute atomic E-state index is 0.0827. The van der Waals surface area contributed by atoms with Crippen molar-refractivity contribution in [2.45, 2.75) is 39.8 Å². The van der Waals surface area contributed by atoms with Crippen molar-refractivity contribution in [3.8, 4) is 0 Å². The summed E-state index contributed by atoms with van der Waals surface area (Å²) in [5.41, 5.74) is 4.18. The van der Waals surface area contributed by atoms with E-state index in [-0.39, 0.29) is 18.4 Å². The number of nitrogens with one attached hydrogen (secondary N) is 1. The molecular formula is C21H28N4O3. The van der Waals surface area contributed by atoms with Gasteiger partial charge >= 0.3 is 5.97 Å². The summed E-state index contributed by atoms with van der Waals surface area (Å²) in [5, 5.41) is 16.8. The van der Waals surface area contributed by atoms with Gasteiger partial charge in [-0.1, -0.05) is 30.3 Å². The number of rotatable bonds is 7. The predicted octanol–water partition coefficient (Wildman–Crippen LogP) is 1.96. The number of amides is 1. The first-order valence-corrected chi connectivity index (χ1v) is 9.72. The predicted molar refractivity (Wildman–Crippen MR) is 106 cm³/mol. The van der Waals surface area contributed by atoms with Crippen molar-refractivity contribution in [1.29, 1.82) is 0 Å². The second-order valence-corrected chi connectivity index (χ2v) is 7.48. The largest absolute Gasteiger partial charge is 0.481 e. The van der Waals surface area contributed by atoms with Crippen molar-refractivity contribution in [1.82, 2.24) is 20.0 Å². The molecule has 0 saturated carbocycles. The topological polar surface area (TPSA) is 87.5 Å². The molecule has 7 nitrogen and oxygen atoms in total. The average Bonchev–Trinajstić information content (AvgIpc) is 2.94. The van der Waals surface area contributed by atoms with Gasteiger partial charge in [0.1, 0.15) is 0 Å². The summed E-state index contributed by atoms with van der Waals surface area (Å²) >= 11 is 0. The molecule has 0 spiro atoms. The van der Waals surface area contributed by atoms with Gasteiger partial charge in [0.2, 0.25) is 5.91 Å². The minimum Gasteiger partial charge on any atom is -0.481 e. The molecular weight excluding hydrogens is 356 g/mol. The van der Waals surface area contributed by atoms with Crippen LogP contribution in [0.4, 0.5) is 0 Å². The van der Waals surface area contributed by atoms with Crippen LogP contribution in [-0.2, 0) is 22.7 Å². The van der Waals surface area contributed by atoms with Crippen LogP contribution in [0.25, 0.3) is 0 Å². The number of likely N-dealkylation sites (tertiary alicyclic amines) is 1. The number of carbonyl (C=O) groups excluding carboxylic acids is 1. The average molecular weight is 384 g/mol. The molecule has 2 N–H and O–H groups in total. The number of carbonyl (C=O) groups is 2. The Morgan fingerprint density at radius 1 is 1.25 bits per heavy atom. The molecule has 0 bridgehead atoms. The molecule has 1 aromatic heterocycles. The molecule has 1 aromatic carbocycles. The summed E-state index contributed by atoms with van der Waals surface area (Å²) in [6.07, 6.45) is 1.50. The fourth-order valence-electron chi connectivity index (χ4n) is 3.75. The van der Waals surface area contributed by atoms with E-state index in [9.17, 15) is 14.7 Å². The summed E-state index contributed by atoms with van der Waals surface area (Å²) in [5.74, 6) is -1.23. The number of aliphatic carboxylic acids is 1. The van der Waals surface area contributed by atoms with Gasteiger partial charge in [-0.15, -0.1) is 0 Å². The quantitative estimate of drug-likeness (QED) is 0.762. The van der Waals surface area contributed by atoms with Crippen LogP contribution in [0, 0.1) is 19.8 Å². The van der Waals surface area contributed by atoms with Crippen molar-refractivity contribution in [3.63, 3.8) is 0 Å². The highest BCUT2D eigenvalue weighted by atomic mass is 16.4. The van der Waals surface area contributed by atoms with E-state index in [1.54, 1.807) is 0 Å². The molecule has 28 heavy (non-hydrogen) atoms. The summed E-state index contributed by atoms with van der Waals surface area (Å²) < 4.78 is 1.97. The van der Waals surface area contributed by atoms with Crippen LogP contribution < -0.4 is 5.32 Å². The second kappa shape index (κ2) is 9.01. The molecule has 1 aliphatic heterocycles. The van der Waals surface area contributed by atoms with E-state index >= 15 is 0 Å². The Bertz CT molecular complexity index is 832. The van der Waals surface area contributed by atoms with Crippen LogP contribution in [0.3, 0.4) is 0 Å². The maximum absolute atomic E-state index is 12.4. The fraction of sp³-hybridized carbons (Fsp3) is 0.476. The van der Waals surface area contributed by atoms with Crippen molar-refractivity contribution in [3.05, 3.63) is 52.8 Å². The molecule has 0 radical (unpaired) electrons. The van der Waals surface area contributed by atoms with Gasteiger partial charge in [-0.05, 0) is 38.8 Å². The van der Waals surface area contributed by atoms with E-state index in [1.807, 2.05) is 41.6 Å². The number of aryl methyl sites for hydroxylation is 1. The minimum atomic E-state index is -0.776. The number of nitrogens with zero attached hydrogens (tertiary/aromatic N) is 3. The number of hydrogen-bond donors (Lipinski definition) is 2. The van der Waals surface area contributed by atoms with E-state index < -0.39 is 5.97 Å². The lowest BCUT2D eigenvalue weighted by molar-refractivity contribution is -0.144. The molecule has 1 fully saturated rings. The Morgan fingerprint density at radius 2 is 2.00 bits per heavy atom. The molecule has 1 amide bonds. The van der Waals surface area contributed by atoms with Gasteiger partial charge in [0, 0.05) is 24.3 Å². The summed E-state index contributed by atoms with van der Waals surface area (Å²) in [6, 6.07) is 10.2. The Kier molecular flexibility index (Phi) is 6.46. The second-order valence-electron chi connectivity index (χ2n) is 7.48. The maximum atomic E-state index is 12.4. The number of hydrogen-bond acceptors (Lipinski definition) is 4. The maximum Gasteiger partial charge on any atom is 0.307 e. The standard InChI is InChI=1S/C21H28N4O3/c1-15-19(16(2)25(23-15)12-17-7-4-3-5-8-17)11-22-20(26)14-24-10-6-9-18(13-24)21(27)28/h3-5,7-8,18H,6,9-14H2,1-2H3,(H,22,26)(H,27,28). The molecule has 1 unspecified atom stereocenters. The Morgan fingerprint density at radius 3 is 2.71 bits per heavy atom. The molecule has 1 atom stereocenters. The van der Waals surface area contributed by atoms with Crippen molar-refractivity contribution < 1.29 is 14.7 Å². The lowest BCUT2D eigenvalue weighted by Crippen LogP contribution is -2.44. The van der Waals surface area contributed by atoms with Gasteiger partial charge in [-0.3, -0.25) is 19.2 Å². The van der Waals surface area contributed by atoms with E-state index in [2.05, 4.69) is 22.5 Å². The van der Waals surface area contributed by atoms with Crippen molar-refractivity contribution in [2.24, 2.45) is 5.92 Å². The van der Waals surface area contributed by atoms with Gasteiger partial charge in [0.05, 0.1) is 24.7 Å². The first kappa shape index (κ1) is 20.1. The highest BCUT2D eigenvalue weighted by molar-refractivity contribution is 5.78. The summed E-state index contributed by atoms with van der Waals surface area (Å²) in [7, 11) is 0. The smallest absolute Gasteiger partial charge is 0.307 e.